The summed E-state index contributed by atoms with van der Waals surface area (Å²) in [6.07, 6.45) is 2.04. The number of alkyl carbamates (subject to hydrolysis) is 2. The zero-order valence-corrected chi connectivity index (χ0v) is 19.1. The standard InChI is InChI=1S/C22H34N2O8/c1-15(2)18(25)29-9-11-31-20(27)23-14-22(5)8-6-7-17(13-22)24-21(28)32-12-10-30-19(26)16(3)4/h17H,1,3,6-14H2,2,4-5H3,(H,23,27)(H,24,28). The Kier molecular flexibility index (Phi) is 11.3. The Morgan fingerprint density at radius 1 is 0.875 bits per heavy atom. The molecule has 180 valence electrons. The molecule has 2 amide bonds. The lowest BCUT2D eigenvalue weighted by molar-refractivity contribution is -0.140. The summed E-state index contributed by atoms with van der Waals surface area (Å²) >= 11 is 0. The van der Waals surface area contributed by atoms with E-state index in [1.165, 1.54) is 13.8 Å². The highest BCUT2D eigenvalue weighted by Gasteiger charge is 2.33. The van der Waals surface area contributed by atoms with Crippen molar-refractivity contribution in [1.29, 1.82) is 0 Å². The molecule has 0 spiro atoms. The van der Waals surface area contributed by atoms with Crippen LogP contribution in [0.5, 0.6) is 0 Å². The van der Waals surface area contributed by atoms with Crippen LogP contribution in [0, 0.1) is 5.41 Å². The molecule has 2 N–H and O–H groups in total. The monoisotopic (exact) mass is 454 g/mol. The fraction of sp³-hybridized carbons (Fsp3) is 0.636. The third kappa shape index (κ3) is 10.8. The highest BCUT2D eigenvalue weighted by Crippen LogP contribution is 2.35. The number of rotatable bonds is 11. The maximum Gasteiger partial charge on any atom is 0.407 e. The molecule has 0 aromatic heterocycles. The summed E-state index contributed by atoms with van der Waals surface area (Å²) in [7, 11) is 0. The van der Waals surface area contributed by atoms with E-state index in [4.69, 9.17) is 18.9 Å². The number of ether oxygens (including phenoxy) is 4. The van der Waals surface area contributed by atoms with Crippen LogP contribution in [0.25, 0.3) is 0 Å². The Morgan fingerprint density at radius 2 is 1.38 bits per heavy atom. The maximum atomic E-state index is 12.0. The average molecular weight is 455 g/mol. The molecular formula is C22H34N2O8. The number of hydrogen-bond acceptors (Lipinski definition) is 8. The third-order valence-corrected chi connectivity index (χ3v) is 4.85. The van der Waals surface area contributed by atoms with E-state index >= 15 is 0 Å². The highest BCUT2D eigenvalue weighted by atomic mass is 16.6. The van der Waals surface area contributed by atoms with Crippen LogP contribution in [0.3, 0.4) is 0 Å². The molecule has 1 saturated carbocycles. The predicted molar refractivity (Wildman–Crippen MR) is 116 cm³/mol. The molecule has 2 unspecified atom stereocenters. The molecule has 1 fully saturated rings. The van der Waals surface area contributed by atoms with E-state index in [9.17, 15) is 19.2 Å². The van der Waals surface area contributed by atoms with E-state index in [2.05, 4.69) is 23.8 Å². The SMILES string of the molecule is C=C(C)C(=O)OCCOC(=O)NCC1(C)CCCC(NC(=O)OCCOC(=O)C(=C)C)C1. The van der Waals surface area contributed by atoms with Gasteiger partial charge in [-0.25, -0.2) is 19.2 Å². The summed E-state index contributed by atoms with van der Waals surface area (Å²) in [5.41, 5.74) is 0.330. The van der Waals surface area contributed by atoms with Crippen LogP contribution in [-0.4, -0.2) is 63.1 Å². The van der Waals surface area contributed by atoms with Gasteiger partial charge < -0.3 is 29.6 Å². The van der Waals surface area contributed by atoms with Crippen molar-refractivity contribution >= 4 is 24.1 Å². The predicted octanol–water partition coefficient (Wildman–Crippen LogP) is 2.63. The first-order chi connectivity index (χ1) is 15.0. The van der Waals surface area contributed by atoms with Crippen molar-refractivity contribution in [2.24, 2.45) is 5.41 Å². The lowest BCUT2D eigenvalue weighted by atomic mass is 9.73. The first kappa shape index (κ1) is 27.0. The molecule has 0 aromatic rings. The Morgan fingerprint density at radius 3 is 1.91 bits per heavy atom. The molecule has 0 aliphatic heterocycles. The molecule has 0 bridgehead atoms. The first-order valence-electron chi connectivity index (χ1n) is 10.5. The van der Waals surface area contributed by atoms with Gasteiger partial charge in [0, 0.05) is 23.7 Å². The van der Waals surface area contributed by atoms with Crippen molar-refractivity contribution in [2.45, 2.75) is 52.5 Å². The van der Waals surface area contributed by atoms with Crippen molar-refractivity contribution in [3.05, 3.63) is 24.3 Å². The van der Waals surface area contributed by atoms with Gasteiger partial charge in [0.05, 0.1) is 0 Å². The van der Waals surface area contributed by atoms with Gasteiger partial charge >= 0.3 is 24.1 Å². The Labute approximate surface area is 188 Å². The van der Waals surface area contributed by atoms with Crippen molar-refractivity contribution in [1.82, 2.24) is 10.6 Å². The topological polar surface area (TPSA) is 129 Å². The lowest BCUT2D eigenvalue weighted by Gasteiger charge is -2.38. The smallest absolute Gasteiger partial charge is 0.407 e. The van der Waals surface area contributed by atoms with E-state index in [1.54, 1.807) is 0 Å². The number of carbonyl (C=O) groups is 4. The molecule has 2 atom stereocenters. The van der Waals surface area contributed by atoms with Gasteiger partial charge in [-0.05, 0) is 38.5 Å². The van der Waals surface area contributed by atoms with Crippen LogP contribution < -0.4 is 10.6 Å². The minimum atomic E-state index is -0.601. The summed E-state index contributed by atoms with van der Waals surface area (Å²) in [5.74, 6) is -1.07. The zero-order valence-electron chi connectivity index (χ0n) is 19.1. The molecule has 32 heavy (non-hydrogen) atoms. The highest BCUT2D eigenvalue weighted by molar-refractivity contribution is 5.87. The molecule has 1 aliphatic rings. The third-order valence-electron chi connectivity index (χ3n) is 4.85. The van der Waals surface area contributed by atoms with Crippen molar-refractivity contribution in [2.75, 3.05) is 33.0 Å². The molecule has 10 nitrogen and oxygen atoms in total. The lowest BCUT2D eigenvalue weighted by Crippen LogP contribution is -2.46. The van der Waals surface area contributed by atoms with Crippen LogP contribution >= 0.6 is 0 Å². The van der Waals surface area contributed by atoms with E-state index in [1.807, 2.05) is 6.92 Å². The fourth-order valence-corrected chi connectivity index (χ4v) is 3.19. The van der Waals surface area contributed by atoms with Gasteiger partial charge in [0.25, 0.3) is 0 Å². The quantitative estimate of drug-likeness (QED) is 0.211. The van der Waals surface area contributed by atoms with E-state index < -0.39 is 24.1 Å². The molecular weight excluding hydrogens is 420 g/mol. The van der Waals surface area contributed by atoms with Crippen LogP contribution in [0.15, 0.2) is 24.3 Å². The van der Waals surface area contributed by atoms with Gasteiger partial charge in [0.1, 0.15) is 26.4 Å². The zero-order chi connectivity index (χ0) is 24.1. The van der Waals surface area contributed by atoms with E-state index in [-0.39, 0.29) is 49.0 Å². The van der Waals surface area contributed by atoms with E-state index in [0.29, 0.717) is 13.0 Å². The Hall–Kier alpha value is -3.04. The first-order valence-corrected chi connectivity index (χ1v) is 10.5. The minimum Gasteiger partial charge on any atom is -0.459 e. The van der Waals surface area contributed by atoms with Crippen molar-refractivity contribution in [3.8, 4) is 0 Å². The van der Waals surface area contributed by atoms with Gasteiger partial charge in [0.15, 0.2) is 0 Å². The molecule has 10 heteroatoms. The van der Waals surface area contributed by atoms with Gasteiger partial charge in [-0.1, -0.05) is 26.5 Å². The van der Waals surface area contributed by atoms with Gasteiger partial charge in [-0.2, -0.15) is 0 Å². The summed E-state index contributed by atoms with van der Waals surface area (Å²) in [6, 6.07) is -0.0985. The fourth-order valence-electron chi connectivity index (χ4n) is 3.19. The van der Waals surface area contributed by atoms with Crippen molar-refractivity contribution in [3.63, 3.8) is 0 Å². The van der Waals surface area contributed by atoms with Crippen LogP contribution in [0.2, 0.25) is 0 Å². The summed E-state index contributed by atoms with van der Waals surface area (Å²) in [6.45, 7) is 12.2. The van der Waals surface area contributed by atoms with Gasteiger partial charge in [0.2, 0.25) is 0 Å². The number of nitrogens with one attached hydrogen (secondary N) is 2. The number of esters is 2. The number of hydrogen-bond donors (Lipinski definition) is 2. The largest absolute Gasteiger partial charge is 0.459 e. The minimum absolute atomic E-state index is 0.0417. The normalized spacial score (nSPS) is 19.8. The second-order valence-corrected chi connectivity index (χ2v) is 8.21. The summed E-state index contributed by atoms with van der Waals surface area (Å²) in [5, 5.41) is 5.54. The molecule has 1 rings (SSSR count). The van der Waals surface area contributed by atoms with E-state index in [0.717, 1.165) is 19.3 Å². The van der Waals surface area contributed by atoms with Gasteiger partial charge in [-0.15, -0.1) is 0 Å². The number of amides is 2. The van der Waals surface area contributed by atoms with Crippen LogP contribution in [-0.2, 0) is 28.5 Å². The van der Waals surface area contributed by atoms with Crippen molar-refractivity contribution < 1.29 is 38.1 Å². The molecule has 0 saturated heterocycles. The van der Waals surface area contributed by atoms with Crippen LogP contribution in [0.4, 0.5) is 9.59 Å². The van der Waals surface area contributed by atoms with Crippen LogP contribution in [0.1, 0.15) is 46.5 Å². The Balaban J connectivity index is 2.28. The number of carbonyl (C=O) groups excluding carboxylic acids is 4. The average Bonchev–Trinajstić information content (AvgIpc) is 2.72. The second kappa shape index (κ2) is 13.4. The molecule has 1 aliphatic carbocycles. The van der Waals surface area contributed by atoms with Gasteiger partial charge in [-0.3, -0.25) is 0 Å². The Bertz CT molecular complexity index is 721. The second-order valence-electron chi connectivity index (χ2n) is 8.21. The summed E-state index contributed by atoms with van der Waals surface area (Å²) in [4.78, 5) is 46.4. The molecule has 0 aromatic carbocycles. The summed E-state index contributed by atoms with van der Waals surface area (Å²) < 4.78 is 19.8. The molecule has 0 heterocycles. The maximum absolute atomic E-state index is 12.0. The molecule has 0 radical (unpaired) electrons.